The Hall–Kier alpha value is -1.87. The number of nitrogens with two attached hydrogens (primary N) is 3. The van der Waals surface area contributed by atoms with Crippen molar-refractivity contribution in [3.63, 3.8) is 0 Å². The van der Waals surface area contributed by atoms with Crippen LogP contribution in [0, 0.1) is 5.41 Å². The second-order valence-electron chi connectivity index (χ2n) is 3.66. The minimum Gasteiger partial charge on any atom is -0.480 e. The smallest absolute Gasteiger partial charge is 0.324 e. The fourth-order valence-corrected chi connectivity index (χ4v) is 1.01. The summed E-state index contributed by atoms with van der Waals surface area (Å²) in [4.78, 5) is 21.7. The molecule has 0 aliphatic heterocycles. The third-order valence-electron chi connectivity index (χ3n) is 2.03. The van der Waals surface area contributed by atoms with Crippen LogP contribution >= 0.6 is 0 Å². The Kier molecular flexibility index (Phi) is 7.40. The number of guanidine groups is 1. The standard InChI is InChI=1S/C9H19N5O4/c10-5(2-1-3-14-9(12)13)8(17)18-4-6(11)7(15)16/h5-6H,1-4,10-11H2,(H,15,16)(H4,12,13,14)/t5-,6-/m0/s1. The molecule has 0 aliphatic rings. The first-order chi connectivity index (χ1) is 8.34. The molecule has 0 heterocycles. The first-order valence-corrected chi connectivity index (χ1v) is 5.33. The van der Waals surface area contributed by atoms with Crippen molar-refractivity contribution in [1.82, 2.24) is 5.32 Å². The molecule has 0 unspecified atom stereocenters. The van der Waals surface area contributed by atoms with Gasteiger partial charge in [0.05, 0.1) is 0 Å². The summed E-state index contributed by atoms with van der Waals surface area (Å²) in [7, 11) is 0. The number of carbonyl (C=O) groups excluding carboxylic acids is 1. The highest BCUT2D eigenvalue weighted by Crippen LogP contribution is 1.97. The topological polar surface area (TPSA) is 178 Å². The molecule has 2 atom stereocenters. The van der Waals surface area contributed by atoms with Crippen molar-refractivity contribution in [1.29, 1.82) is 5.41 Å². The number of carbonyl (C=O) groups is 2. The van der Waals surface area contributed by atoms with E-state index in [2.05, 4.69) is 10.1 Å². The average molecular weight is 261 g/mol. The molecule has 0 bridgehead atoms. The lowest BCUT2D eigenvalue weighted by atomic mass is 10.2. The Bertz CT molecular complexity index is 309. The van der Waals surface area contributed by atoms with Crippen molar-refractivity contribution in [2.75, 3.05) is 13.2 Å². The number of nitrogens with one attached hydrogen (secondary N) is 2. The molecule has 0 aromatic rings. The summed E-state index contributed by atoms with van der Waals surface area (Å²) in [6.07, 6.45) is 0.863. The van der Waals surface area contributed by atoms with Crippen LogP contribution in [0.4, 0.5) is 0 Å². The van der Waals surface area contributed by atoms with Crippen molar-refractivity contribution >= 4 is 17.9 Å². The van der Waals surface area contributed by atoms with Gasteiger partial charge in [0.1, 0.15) is 18.7 Å². The van der Waals surface area contributed by atoms with Crippen LogP contribution in [0.5, 0.6) is 0 Å². The Balaban J connectivity index is 3.76. The van der Waals surface area contributed by atoms with Crippen LogP contribution in [0.3, 0.4) is 0 Å². The van der Waals surface area contributed by atoms with Gasteiger partial charge < -0.3 is 32.4 Å². The Morgan fingerprint density at radius 3 is 2.44 bits per heavy atom. The van der Waals surface area contributed by atoms with Crippen molar-refractivity contribution in [2.24, 2.45) is 17.2 Å². The molecule has 18 heavy (non-hydrogen) atoms. The zero-order chi connectivity index (χ0) is 14.1. The number of carboxylic acids is 1. The maximum Gasteiger partial charge on any atom is 0.324 e. The summed E-state index contributed by atoms with van der Waals surface area (Å²) < 4.78 is 4.65. The molecule has 0 amide bonds. The van der Waals surface area contributed by atoms with Gasteiger partial charge in [0.25, 0.3) is 0 Å². The number of hydrogen-bond donors (Lipinski definition) is 6. The highest BCUT2D eigenvalue weighted by atomic mass is 16.5. The molecule has 0 saturated heterocycles. The van der Waals surface area contributed by atoms with E-state index < -0.39 is 30.6 Å². The van der Waals surface area contributed by atoms with E-state index in [1.807, 2.05) is 0 Å². The lowest BCUT2D eigenvalue weighted by Gasteiger charge is -2.13. The Morgan fingerprint density at radius 2 is 1.94 bits per heavy atom. The summed E-state index contributed by atoms with van der Waals surface area (Å²) in [6.45, 7) is 0.0124. The molecule has 0 aromatic carbocycles. The van der Waals surface area contributed by atoms with E-state index in [1.54, 1.807) is 0 Å². The van der Waals surface area contributed by atoms with Gasteiger partial charge in [0, 0.05) is 6.54 Å². The van der Waals surface area contributed by atoms with Gasteiger partial charge in [-0.15, -0.1) is 0 Å². The van der Waals surface area contributed by atoms with Gasteiger partial charge in [-0.05, 0) is 12.8 Å². The molecule has 0 radical (unpaired) electrons. The van der Waals surface area contributed by atoms with Crippen LogP contribution in [0.25, 0.3) is 0 Å². The fourth-order valence-electron chi connectivity index (χ4n) is 1.01. The van der Waals surface area contributed by atoms with Crippen molar-refractivity contribution in [3.8, 4) is 0 Å². The Labute approximate surface area is 104 Å². The van der Waals surface area contributed by atoms with Crippen LogP contribution in [0.1, 0.15) is 12.8 Å². The zero-order valence-electron chi connectivity index (χ0n) is 9.89. The van der Waals surface area contributed by atoms with Gasteiger partial charge in [-0.2, -0.15) is 0 Å². The van der Waals surface area contributed by atoms with E-state index in [4.69, 9.17) is 27.7 Å². The quantitative estimate of drug-likeness (QED) is 0.120. The summed E-state index contributed by atoms with van der Waals surface area (Å²) >= 11 is 0. The van der Waals surface area contributed by atoms with Crippen molar-refractivity contribution in [3.05, 3.63) is 0 Å². The van der Waals surface area contributed by atoms with Gasteiger partial charge in [-0.3, -0.25) is 15.0 Å². The molecule has 0 fully saturated rings. The second-order valence-corrected chi connectivity index (χ2v) is 3.66. The molecule has 0 aliphatic carbocycles. The number of carboxylic acid groups (broad SMARTS) is 1. The number of esters is 1. The van der Waals surface area contributed by atoms with E-state index in [0.717, 1.165) is 0 Å². The normalized spacial score (nSPS) is 13.4. The lowest BCUT2D eigenvalue weighted by molar-refractivity contribution is -0.149. The third-order valence-corrected chi connectivity index (χ3v) is 2.03. The maximum atomic E-state index is 11.3. The largest absolute Gasteiger partial charge is 0.480 e. The fraction of sp³-hybridized carbons (Fsp3) is 0.667. The third kappa shape index (κ3) is 7.41. The first kappa shape index (κ1) is 16.1. The minimum absolute atomic E-state index is 0.154. The van der Waals surface area contributed by atoms with E-state index in [0.29, 0.717) is 19.4 Å². The number of aliphatic carboxylic acids is 1. The average Bonchev–Trinajstić information content (AvgIpc) is 2.30. The summed E-state index contributed by atoms with van der Waals surface area (Å²) in [5, 5.41) is 17.9. The van der Waals surface area contributed by atoms with Crippen LogP contribution < -0.4 is 22.5 Å². The van der Waals surface area contributed by atoms with Crippen LogP contribution in [-0.4, -0.2) is 48.2 Å². The molecule has 0 aromatic heterocycles. The SMILES string of the molecule is N=C(N)NCCC[C@H](N)C(=O)OC[C@H](N)C(=O)O. The minimum atomic E-state index is -1.25. The Morgan fingerprint density at radius 1 is 1.33 bits per heavy atom. The molecule has 0 spiro atoms. The predicted octanol–water partition coefficient (Wildman–Crippen LogP) is -2.47. The lowest BCUT2D eigenvalue weighted by Crippen LogP contribution is -2.40. The molecular weight excluding hydrogens is 242 g/mol. The predicted molar refractivity (Wildman–Crippen MR) is 63.7 cm³/mol. The van der Waals surface area contributed by atoms with Crippen LogP contribution in [0.15, 0.2) is 0 Å². The monoisotopic (exact) mass is 261 g/mol. The highest BCUT2D eigenvalue weighted by molar-refractivity contribution is 5.77. The van der Waals surface area contributed by atoms with Crippen LogP contribution in [0.2, 0.25) is 0 Å². The molecule has 0 rings (SSSR count). The van der Waals surface area contributed by atoms with E-state index in [-0.39, 0.29) is 5.96 Å². The molecule has 9 N–H and O–H groups in total. The van der Waals surface area contributed by atoms with Gasteiger partial charge >= 0.3 is 11.9 Å². The second kappa shape index (κ2) is 8.25. The molecular formula is C9H19N5O4. The van der Waals surface area contributed by atoms with E-state index >= 15 is 0 Å². The van der Waals surface area contributed by atoms with Crippen LogP contribution in [-0.2, 0) is 14.3 Å². The van der Waals surface area contributed by atoms with Gasteiger partial charge in [-0.1, -0.05) is 0 Å². The molecule has 104 valence electrons. The number of ether oxygens (including phenoxy) is 1. The van der Waals surface area contributed by atoms with Crippen molar-refractivity contribution in [2.45, 2.75) is 24.9 Å². The van der Waals surface area contributed by atoms with Gasteiger partial charge in [0.15, 0.2) is 5.96 Å². The zero-order valence-corrected chi connectivity index (χ0v) is 9.89. The first-order valence-electron chi connectivity index (χ1n) is 5.33. The maximum absolute atomic E-state index is 11.3. The van der Waals surface area contributed by atoms with Gasteiger partial charge in [-0.25, -0.2) is 0 Å². The highest BCUT2D eigenvalue weighted by Gasteiger charge is 2.18. The van der Waals surface area contributed by atoms with Gasteiger partial charge in [0.2, 0.25) is 0 Å². The number of hydrogen-bond acceptors (Lipinski definition) is 6. The molecule has 9 nitrogen and oxygen atoms in total. The van der Waals surface area contributed by atoms with E-state index in [1.165, 1.54) is 0 Å². The van der Waals surface area contributed by atoms with E-state index in [9.17, 15) is 9.59 Å². The molecule has 0 saturated carbocycles. The van der Waals surface area contributed by atoms with Crippen molar-refractivity contribution < 1.29 is 19.4 Å². The summed E-state index contributed by atoms with van der Waals surface area (Å²) in [6, 6.07) is -2.10. The molecule has 9 heteroatoms. The summed E-state index contributed by atoms with van der Waals surface area (Å²) in [5.41, 5.74) is 15.7. The summed E-state index contributed by atoms with van der Waals surface area (Å²) in [5.74, 6) is -2.10. The number of rotatable bonds is 8.